The fraction of sp³-hybridized carbons (Fsp3) is 0.471. The van der Waals surface area contributed by atoms with Gasteiger partial charge in [0, 0.05) is 18.9 Å². The molecule has 4 heteroatoms. The first-order chi connectivity index (χ1) is 10.3. The Labute approximate surface area is 125 Å². The van der Waals surface area contributed by atoms with Crippen molar-refractivity contribution >= 4 is 0 Å². The number of aryl methyl sites for hydroxylation is 1. The summed E-state index contributed by atoms with van der Waals surface area (Å²) in [5, 5.41) is 10.5. The third-order valence-corrected chi connectivity index (χ3v) is 4.29. The standard InChI is InChI=1S/C17H23N3O/c1-13-6-7-14(12-20-10-4-2-3-5-11-20)15(16(13)21)17-18-8-9-19-17/h6-9,21H,2-5,10-12H2,1H3,(H,18,19). The predicted octanol–water partition coefficient (Wildman–Crippen LogP) is 3.47. The van der Waals surface area contributed by atoms with Crippen molar-refractivity contribution < 1.29 is 5.11 Å². The van der Waals surface area contributed by atoms with E-state index in [1.165, 1.54) is 25.7 Å². The van der Waals surface area contributed by atoms with Gasteiger partial charge >= 0.3 is 0 Å². The number of phenolic OH excluding ortho intramolecular Hbond substituents is 1. The Kier molecular flexibility index (Phi) is 4.25. The van der Waals surface area contributed by atoms with E-state index in [0.29, 0.717) is 5.75 Å². The van der Waals surface area contributed by atoms with E-state index in [-0.39, 0.29) is 0 Å². The molecule has 0 radical (unpaired) electrons. The lowest BCUT2D eigenvalue weighted by atomic mass is 10.0. The SMILES string of the molecule is Cc1ccc(CN2CCCCCC2)c(-c2ncc[nH]2)c1O. The van der Waals surface area contributed by atoms with E-state index in [9.17, 15) is 5.11 Å². The van der Waals surface area contributed by atoms with Crippen LogP contribution in [0.2, 0.25) is 0 Å². The summed E-state index contributed by atoms with van der Waals surface area (Å²) in [6, 6.07) is 4.12. The molecule has 0 bridgehead atoms. The molecule has 112 valence electrons. The first-order valence-electron chi connectivity index (χ1n) is 7.79. The summed E-state index contributed by atoms with van der Waals surface area (Å²) in [6.07, 6.45) is 8.74. The fourth-order valence-electron chi connectivity index (χ4n) is 3.07. The number of nitrogens with zero attached hydrogens (tertiary/aromatic N) is 2. The van der Waals surface area contributed by atoms with Gasteiger partial charge in [0.15, 0.2) is 0 Å². The largest absolute Gasteiger partial charge is 0.507 e. The van der Waals surface area contributed by atoms with Crippen LogP contribution in [0.25, 0.3) is 11.4 Å². The molecule has 4 nitrogen and oxygen atoms in total. The van der Waals surface area contributed by atoms with Crippen LogP contribution in [0, 0.1) is 6.92 Å². The molecule has 2 N–H and O–H groups in total. The maximum atomic E-state index is 10.5. The molecule has 2 heterocycles. The Morgan fingerprint density at radius 1 is 1.19 bits per heavy atom. The predicted molar refractivity (Wildman–Crippen MR) is 84.2 cm³/mol. The van der Waals surface area contributed by atoms with Gasteiger partial charge in [-0.2, -0.15) is 0 Å². The van der Waals surface area contributed by atoms with E-state index in [1.807, 2.05) is 13.0 Å². The molecule has 21 heavy (non-hydrogen) atoms. The van der Waals surface area contributed by atoms with Crippen LogP contribution < -0.4 is 0 Å². The number of likely N-dealkylation sites (tertiary alicyclic amines) is 1. The van der Waals surface area contributed by atoms with Crippen molar-refractivity contribution in [3.05, 3.63) is 35.7 Å². The van der Waals surface area contributed by atoms with Crippen LogP contribution >= 0.6 is 0 Å². The Balaban J connectivity index is 1.92. The summed E-state index contributed by atoms with van der Waals surface area (Å²) in [7, 11) is 0. The van der Waals surface area contributed by atoms with Gasteiger partial charge in [-0.15, -0.1) is 0 Å². The van der Waals surface area contributed by atoms with Crippen LogP contribution in [0.1, 0.15) is 36.8 Å². The summed E-state index contributed by atoms with van der Waals surface area (Å²) >= 11 is 0. The number of nitrogens with one attached hydrogen (secondary N) is 1. The van der Waals surface area contributed by atoms with Crippen LogP contribution in [0.4, 0.5) is 0 Å². The second-order valence-corrected chi connectivity index (χ2v) is 5.89. The maximum absolute atomic E-state index is 10.5. The summed E-state index contributed by atoms with van der Waals surface area (Å²) in [5.41, 5.74) is 2.89. The maximum Gasteiger partial charge on any atom is 0.141 e. The molecule has 0 amide bonds. The van der Waals surface area contributed by atoms with Gasteiger partial charge < -0.3 is 10.1 Å². The lowest BCUT2D eigenvalue weighted by Gasteiger charge is -2.22. The lowest BCUT2D eigenvalue weighted by molar-refractivity contribution is 0.277. The van der Waals surface area contributed by atoms with Crippen molar-refractivity contribution in [1.29, 1.82) is 0 Å². The van der Waals surface area contributed by atoms with Crippen molar-refractivity contribution in [2.45, 2.75) is 39.2 Å². The first-order valence-corrected chi connectivity index (χ1v) is 7.79. The molecule has 0 aliphatic carbocycles. The van der Waals surface area contributed by atoms with Gasteiger partial charge in [-0.25, -0.2) is 4.98 Å². The Bertz CT molecular complexity index is 584. The van der Waals surface area contributed by atoms with Crippen LogP contribution in [0.15, 0.2) is 24.5 Å². The lowest BCUT2D eigenvalue weighted by Crippen LogP contribution is -2.24. The zero-order valence-electron chi connectivity index (χ0n) is 12.6. The highest BCUT2D eigenvalue weighted by Crippen LogP contribution is 2.34. The molecule has 0 atom stereocenters. The van der Waals surface area contributed by atoms with Gasteiger partial charge in [-0.05, 0) is 44.0 Å². The minimum Gasteiger partial charge on any atom is -0.507 e. The number of rotatable bonds is 3. The topological polar surface area (TPSA) is 52.2 Å². The Hall–Kier alpha value is -1.81. The molecular weight excluding hydrogens is 262 g/mol. The van der Waals surface area contributed by atoms with E-state index in [1.54, 1.807) is 12.4 Å². The number of aromatic nitrogens is 2. The summed E-state index contributed by atoms with van der Waals surface area (Å²) in [6.45, 7) is 5.10. The summed E-state index contributed by atoms with van der Waals surface area (Å²) in [5.74, 6) is 1.10. The van der Waals surface area contributed by atoms with Gasteiger partial charge in [0.05, 0.1) is 5.56 Å². The minimum absolute atomic E-state index is 0.345. The van der Waals surface area contributed by atoms with E-state index in [4.69, 9.17) is 0 Å². The van der Waals surface area contributed by atoms with Crippen LogP contribution in [0.3, 0.4) is 0 Å². The average molecular weight is 285 g/mol. The molecule has 1 aromatic carbocycles. The van der Waals surface area contributed by atoms with Crippen LogP contribution in [-0.2, 0) is 6.54 Å². The normalized spacial score (nSPS) is 16.8. The first kappa shape index (κ1) is 14.1. The second kappa shape index (κ2) is 6.31. The molecule has 1 aliphatic rings. The zero-order valence-corrected chi connectivity index (χ0v) is 12.6. The highest BCUT2D eigenvalue weighted by molar-refractivity contribution is 5.70. The average Bonchev–Trinajstić information content (AvgIpc) is 2.88. The molecule has 0 saturated carbocycles. The number of H-pyrrole nitrogens is 1. The highest BCUT2D eigenvalue weighted by Gasteiger charge is 2.17. The van der Waals surface area contributed by atoms with Gasteiger partial charge in [0.2, 0.25) is 0 Å². The van der Waals surface area contributed by atoms with Crippen molar-refractivity contribution in [2.24, 2.45) is 0 Å². The van der Waals surface area contributed by atoms with E-state index >= 15 is 0 Å². The molecule has 0 unspecified atom stereocenters. The van der Waals surface area contributed by atoms with E-state index in [2.05, 4.69) is 20.9 Å². The van der Waals surface area contributed by atoms with Crippen molar-refractivity contribution in [2.75, 3.05) is 13.1 Å². The minimum atomic E-state index is 0.345. The number of aromatic hydroxyl groups is 1. The molecule has 1 aliphatic heterocycles. The molecule has 1 fully saturated rings. The molecule has 2 aromatic rings. The number of hydrogen-bond donors (Lipinski definition) is 2. The quantitative estimate of drug-likeness (QED) is 0.908. The fourth-order valence-corrected chi connectivity index (χ4v) is 3.07. The van der Waals surface area contributed by atoms with Crippen LogP contribution in [0.5, 0.6) is 5.75 Å². The number of hydrogen-bond acceptors (Lipinski definition) is 3. The number of aromatic amines is 1. The van der Waals surface area contributed by atoms with Crippen molar-refractivity contribution in [3.8, 4) is 17.1 Å². The smallest absolute Gasteiger partial charge is 0.141 e. The van der Waals surface area contributed by atoms with E-state index < -0.39 is 0 Å². The van der Waals surface area contributed by atoms with Gasteiger partial charge in [0.1, 0.15) is 11.6 Å². The molecule has 0 spiro atoms. The molecule has 1 aromatic heterocycles. The van der Waals surface area contributed by atoms with Gasteiger partial charge in [0.25, 0.3) is 0 Å². The second-order valence-electron chi connectivity index (χ2n) is 5.89. The number of imidazole rings is 1. The van der Waals surface area contributed by atoms with Crippen molar-refractivity contribution in [3.63, 3.8) is 0 Å². The van der Waals surface area contributed by atoms with Gasteiger partial charge in [-0.1, -0.05) is 25.0 Å². The monoisotopic (exact) mass is 285 g/mol. The highest BCUT2D eigenvalue weighted by atomic mass is 16.3. The Morgan fingerprint density at radius 3 is 2.62 bits per heavy atom. The Morgan fingerprint density at radius 2 is 1.95 bits per heavy atom. The third-order valence-electron chi connectivity index (χ3n) is 4.29. The number of phenols is 1. The molecule has 3 rings (SSSR count). The summed E-state index contributed by atoms with van der Waals surface area (Å²) < 4.78 is 0. The van der Waals surface area contributed by atoms with Crippen molar-refractivity contribution in [1.82, 2.24) is 14.9 Å². The van der Waals surface area contributed by atoms with Gasteiger partial charge in [-0.3, -0.25) is 4.90 Å². The number of benzene rings is 1. The third kappa shape index (κ3) is 3.10. The molecular formula is C17H23N3O. The zero-order chi connectivity index (χ0) is 14.7. The molecule has 1 saturated heterocycles. The van der Waals surface area contributed by atoms with E-state index in [0.717, 1.165) is 42.1 Å². The van der Waals surface area contributed by atoms with Crippen LogP contribution in [-0.4, -0.2) is 33.1 Å². The summed E-state index contributed by atoms with van der Waals surface area (Å²) in [4.78, 5) is 9.94.